The lowest BCUT2D eigenvalue weighted by Gasteiger charge is -2.36. The number of anilines is 2. The highest BCUT2D eigenvalue weighted by molar-refractivity contribution is 7.15. The molecule has 160 valence electrons. The topological polar surface area (TPSA) is 90.5 Å². The lowest BCUT2D eigenvalue weighted by atomic mass is 9.90. The molecule has 0 radical (unpaired) electrons. The van der Waals surface area contributed by atoms with Gasteiger partial charge in [0.15, 0.2) is 0 Å². The molecular weight excluding hydrogens is 400 g/mol. The summed E-state index contributed by atoms with van der Waals surface area (Å²) < 4.78 is 0. The van der Waals surface area contributed by atoms with Gasteiger partial charge in [-0.3, -0.25) is 10.1 Å². The molecule has 4 rings (SSSR count). The molecule has 2 fully saturated rings. The third-order valence-electron chi connectivity index (χ3n) is 5.73. The number of piperazine rings is 1. The van der Waals surface area contributed by atoms with Crippen LogP contribution >= 0.6 is 11.3 Å². The second-order valence-electron chi connectivity index (χ2n) is 7.80. The monoisotopic (exact) mass is 428 g/mol. The van der Waals surface area contributed by atoms with Crippen LogP contribution in [0.1, 0.15) is 43.0 Å². The molecule has 0 spiro atoms. The van der Waals surface area contributed by atoms with E-state index in [1.54, 1.807) is 4.90 Å². The van der Waals surface area contributed by atoms with E-state index in [4.69, 9.17) is 0 Å². The fraction of sp³-hybridized carbons (Fsp3) is 0.524. The van der Waals surface area contributed by atoms with Crippen LogP contribution in [0.25, 0.3) is 0 Å². The number of hydrogen-bond donors (Lipinski definition) is 2. The van der Waals surface area contributed by atoms with Gasteiger partial charge in [-0.05, 0) is 25.0 Å². The number of nitrogens with one attached hydrogen (secondary N) is 2. The van der Waals surface area contributed by atoms with Crippen molar-refractivity contribution in [3.05, 3.63) is 35.3 Å². The number of hydrogen-bond acceptors (Lipinski definition) is 6. The van der Waals surface area contributed by atoms with Gasteiger partial charge >= 0.3 is 6.03 Å². The molecule has 3 amide bonds. The first-order valence-electron chi connectivity index (χ1n) is 10.6. The van der Waals surface area contributed by atoms with Gasteiger partial charge in [-0.2, -0.15) is 0 Å². The lowest BCUT2D eigenvalue weighted by Crippen LogP contribution is -2.52. The molecule has 2 N–H and O–H groups in total. The number of carbonyl (C=O) groups is 2. The molecule has 1 saturated carbocycles. The minimum Gasteiger partial charge on any atom is -0.368 e. The van der Waals surface area contributed by atoms with Gasteiger partial charge in [0, 0.05) is 37.8 Å². The average molecular weight is 429 g/mol. The molecule has 1 aliphatic heterocycles. The van der Waals surface area contributed by atoms with Crippen LogP contribution in [0.2, 0.25) is 0 Å². The molecular formula is C21H28N6O2S. The number of aromatic nitrogens is 2. The van der Waals surface area contributed by atoms with Gasteiger partial charge in [-0.25, -0.2) is 4.79 Å². The van der Waals surface area contributed by atoms with E-state index in [2.05, 4.69) is 37.9 Å². The summed E-state index contributed by atoms with van der Waals surface area (Å²) in [4.78, 5) is 28.6. The second-order valence-corrected chi connectivity index (χ2v) is 8.81. The Morgan fingerprint density at radius 2 is 1.73 bits per heavy atom. The summed E-state index contributed by atoms with van der Waals surface area (Å²) in [5, 5.41) is 15.3. The highest BCUT2D eigenvalue weighted by Gasteiger charge is 2.22. The van der Waals surface area contributed by atoms with Gasteiger partial charge in [0.1, 0.15) is 5.01 Å². The summed E-state index contributed by atoms with van der Waals surface area (Å²) in [5.74, 6) is 0.189. The Labute approximate surface area is 180 Å². The van der Waals surface area contributed by atoms with Crippen LogP contribution in [-0.2, 0) is 4.79 Å². The van der Waals surface area contributed by atoms with E-state index in [9.17, 15) is 9.59 Å². The quantitative estimate of drug-likeness (QED) is 0.764. The first-order chi connectivity index (χ1) is 14.7. The summed E-state index contributed by atoms with van der Waals surface area (Å²) >= 11 is 1.45. The van der Waals surface area contributed by atoms with Gasteiger partial charge < -0.3 is 15.1 Å². The molecule has 2 aromatic rings. The number of nitrogens with zero attached hydrogens (tertiary/aromatic N) is 4. The summed E-state index contributed by atoms with van der Waals surface area (Å²) in [6.45, 7) is 2.74. The van der Waals surface area contributed by atoms with Crippen molar-refractivity contribution in [3.63, 3.8) is 0 Å². The third-order valence-corrected chi connectivity index (χ3v) is 6.73. The van der Waals surface area contributed by atoms with Gasteiger partial charge in [-0.15, -0.1) is 10.2 Å². The molecule has 1 aromatic heterocycles. The number of benzene rings is 1. The summed E-state index contributed by atoms with van der Waals surface area (Å²) in [5.41, 5.74) is 1.17. The van der Waals surface area contributed by atoms with Crippen molar-refractivity contribution >= 4 is 34.1 Å². The SMILES string of the molecule is O=C(CNC(=O)N1CCN(c2ccccc2)CC1)Nc1nnc(C2CCCCC2)s1. The van der Waals surface area contributed by atoms with E-state index in [0.717, 1.165) is 30.9 Å². The van der Waals surface area contributed by atoms with Crippen LogP contribution in [0.3, 0.4) is 0 Å². The summed E-state index contributed by atoms with van der Waals surface area (Å²) in [6.07, 6.45) is 6.06. The van der Waals surface area contributed by atoms with Crippen LogP contribution in [-0.4, -0.2) is 59.8 Å². The van der Waals surface area contributed by atoms with Gasteiger partial charge in [0.2, 0.25) is 11.0 Å². The summed E-state index contributed by atoms with van der Waals surface area (Å²) in [6, 6.07) is 9.97. The number of amides is 3. The predicted octanol–water partition coefficient (Wildman–Crippen LogP) is 3.06. The Kier molecular flexibility index (Phi) is 6.78. The van der Waals surface area contributed by atoms with E-state index in [0.29, 0.717) is 24.1 Å². The Balaban J connectivity index is 1.19. The Hall–Kier alpha value is -2.68. The molecule has 9 heteroatoms. The third kappa shape index (κ3) is 5.27. The highest BCUT2D eigenvalue weighted by atomic mass is 32.1. The molecule has 8 nitrogen and oxygen atoms in total. The molecule has 2 aliphatic rings. The van der Waals surface area contributed by atoms with Crippen molar-refractivity contribution < 1.29 is 9.59 Å². The molecule has 30 heavy (non-hydrogen) atoms. The van der Waals surface area contributed by atoms with Gasteiger partial charge in [0.05, 0.1) is 6.54 Å². The maximum Gasteiger partial charge on any atom is 0.317 e. The molecule has 1 aromatic carbocycles. The Bertz CT molecular complexity index is 844. The minimum atomic E-state index is -0.280. The van der Waals surface area contributed by atoms with Crippen molar-refractivity contribution in [2.45, 2.75) is 38.0 Å². The van der Waals surface area contributed by atoms with Crippen molar-refractivity contribution in [1.29, 1.82) is 0 Å². The zero-order valence-electron chi connectivity index (χ0n) is 17.0. The van der Waals surface area contributed by atoms with E-state index in [1.165, 1.54) is 36.3 Å². The first kappa shape index (κ1) is 20.6. The lowest BCUT2D eigenvalue weighted by molar-refractivity contribution is -0.115. The van der Waals surface area contributed by atoms with Crippen LogP contribution in [0.15, 0.2) is 30.3 Å². The molecule has 0 unspecified atom stereocenters. The average Bonchev–Trinajstić information content (AvgIpc) is 3.27. The number of carbonyl (C=O) groups excluding carboxylic acids is 2. The van der Waals surface area contributed by atoms with Crippen molar-refractivity contribution in [1.82, 2.24) is 20.4 Å². The van der Waals surface area contributed by atoms with Gasteiger partial charge in [-0.1, -0.05) is 48.8 Å². The molecule has 1 saturated heterocycles. The Morgan fingerprint density at radius 3 is 2.47 bits per heavy atom. The normalized spacial score (nSPS) is 17.6. The smallest absolute Gasteiger partial charge is 0.317 e. The van der Waals surface area contributed by atoms with E-state index < -0.39 is 0 Å². The van der Waals surface area contributed by atoms with E-state index in [-0.39, 0.29) is 18.5 Å². The van der Waals surface area contributed by atoms with Crippen LogP contribution < -0.4 is 15.5 Å². The standard InChI is InChI=1S/C21H28N6O2S/c28-18(23-20-25-24-19(30-20)16-7-3-1-4-8-16)15-22-21(29)27-13-11-26(12-14-27)17-9-5-2-6-10-17/h2,5-6,9-10,16H,1,3-4,7-8,11-15H2,(H,22,29)(H,23,25,28). The maximum atomic E-state index is 12.4. The largest absolute Gasteiger partial charge is 0.368 e. The zero-order valence-corrected chi connectivity index (χ0v) is 17.9. The molecule has 2 heterocycles. The fourth-order valence-corrected chi connectivity index (χ4v) is 4.97. The molecule has 0 bridgehead atoms. The molecule has 1 aliphatic carbocycles. The Morgan fingerprint density at radius 1 is 1.00 bits per heavy atom. The highest BCUT2D eigenvalue weighted by Crippen LogP contribution is 2.35. The van der Waals surface area contributed by atoms with Gasteiger partial charge in [0.25, 0.3) is 0 Å². The fourth-order valence-electron chi connectivity index (χ4n) is 4.04. The molecule has 0 atom stereocenters. The van der Waals surface area contributed by atoms with Crippen LogP contribution in [0, 0.1) is 0 Å². The zero-order chi connectivity index (χ0) is 20.8. The first-order valence-corrected chi connectivity index (χ1v) is 11.5. The van der Waals surface area contributed by atoms with Crippen LogP contribution in [0.4, 0.5) is 15.6 Å². The number of para-hydroxylation sites is 1. The van der Waals surface area contributed by atoms with Crippen molar-refractivity contribution in [2.24, 2.45) is 0 Å². The number of urea groups is 1. The summed E-state index contributed by atoms with van der Waals surface area (Å²) in [7, 11) is 0. The second kappa shape index (κ2) is 9.88. The van der Waals surface area contributed by atoms with Crippen molar-refractivity contribution in [2.75, 3.05) is 42.9 Å². The van der Waals surface area contributed by atoms with Crippen LogP contribution in [0.5, 0.6) is 0 Å². The minimum absolute atomic E-state index is 0.0733. The maximum absolute atomic E-state index is 12.4. The van der Waals surface area contributed by atoms with E-state index in [1.807, 2.05) is 18.2 Å². The number of rotatable bonds is 5. The van der Waals surface area contributed by atoms with E-state index >= 15 is 0 Å². The predicted molar refractivity (Wildman–Crippen MR) is 118 cm³/mol. The van der Waals surface area contributed by atoms with Crippen molar-refractivity contribution in [3.8, 4) is 0 Å².